The predicted molar refractivity (Wildman–Crippen MR) is 382 cm³/mol. The predicted octanol–water partition coefficient (Wildman–Crippen LogP) is 22.1. The second-order valence-electron chi connectivity index (χ2n) is 27.5. The van der Waals surface area contributed by atoms with Crippen LogP contribution in [0.1, 0.15) is 394 Å². The Labute approximate surface area is 575 Å². The first-order valence-corrected chi connectivity index (χ1v) is 42.1. The molecule has 94 heavy (non-hydrogen) atoms. The standard InChI is InChI=1S/C75H146O17P2/c1-6-9-12-15-17-19-21-23-25-27-29-30-32-34-36-38-40-45-50-55-60-74(79)92-71(65-86-73(78)59-54-49-44-39-37-35-33-31-28-26-24-22-20-18-16-13-10-7-2)67-90-94(83,84)88-63-69(76)62-87-93(81,82)89-66-70(64-85-72(77)58-53-47-14-11-8-3)91-75(80)61-56-51-46-42-41-43-48-52-57-68(4)5/h68-71,76H,6-67H2,1-5H3,(H,81,82)(H,83,84)/t69-,70+,71+/m0/s1. The van der Waals surface area contributed by atoms with Crippen molar-refractivity contribution >= 4 is 39.5 Å². The van der Waals surface area contributed by atoms with Gasteiger partial charge in [-0.15, -0.1) is 0 Å². The van der Waals surface area contributed by atoms with E-state index in [1.54, 1.807) is 0 Å². The number of unbranched alkanes of at least 4 members (excludes halogenated alkanes) is 47. The zero-order chi connectivity index (χ0) is 69.1. The second kappa shape index (κ2) is 68.2. The largest absolute Gasteiger partial charge is 0.472 e. The summed E-state index contributed by atoms with van der Waals surface area (Å²) in [4.78, 5) is 72.4. The van der Waals surface area contributed by atoms with E-state index in [0.29, 0.717) is 25.7 Å². The van der Waals surface area contributed by atoms with Gasteiger partial charge in [0.1, 0.15) is 19.3 Å². The second-order valence-corrected chi connectivity index (χ2v) is 30.4. The van der Waals surface area contributed by atoms with Crippen LogP contribution in [0.3, 0.4) is 0 Å². The van der Waals surface area contributed by atoms with Gasteiger partial charge in [-0.25, -0.2) is 9.13 Å². The summed E-state index contributed by atoms with van der Waals surface area (Å²) >= 11 is 0. The molecule has 5 atom stereocenters. The number of aliphatic hydroxyl groups is 1. The van der Waals surface area contributed by atoms with Gasteiger partial charge in [-0.05, 0) is 31.6 Å². The smallest absolute Gasteiger partial charge is 0.462 e. The molecule has 0 aliphatic carbocycles. The van der Waals surface area contributed by atoms with Crippen molar-refractivity contribution in [2.24, 2.45) is 5.92 Å². The number of carbonyl (C=O) groups is 4. The monoisotopic (exact) mass is 1380 g/mol. The third-order valence-corrected chi connectivity index (χ3v) is 19.4. The third kappa shape index (κ3) is 68.6. The van der Waals surface area contributed by atoms with E-state index in [1.165, 1.54) is 212 Å². The molecule has 0 radical (unpaired) electrons. The first-order chi connectivity index (χ1) is 45.5. The highest BCUT2D eigenvalue weighted by Gasteiger charge is 2.30. The van der Waals surface area contributed by atoms with E-state index >= 15 is 0 Å². The Bertz CT molecular complexity index is 1810. The lowest BCUT2D eigenvalue weighted by Gasteiger charge is -2.21. The van der Waals surface area contributed by atoms with Crippen LogP contribution < -0.4 is 0 Å². The third-order valence-electron chi connectivity index (χ3n) is 17.5. The van der Waals surface area contributed by atoms with Gasteiger partial charge in [0.05, 0.1) is 26.4 Å². The highest BCUT2D eigenvalue weighted by atomic mass is 31.2. The number of esters is 4. The van der Waals surface area contributed by atoms with Crippen LogP contribution in [-0.2, 0) is 65.4 Å². The number of rotatable bonds is 75. The average molecular weight is 1380 g/mol. The van der Waals surface area contributed by atoms with Gasteiger partial charge in [0.2, 0.25) is 0 Å². The lowest BCUT2D eigenvalue weighted by atomic mass is 10.0. The Balaban J connectivity index is 5.12. The molecule has 0 aliphatic heterocycles. The van der Waals surface area contributed by atoms with Crippen LogP contribution >= 0.6 is 15.6 Å². The van der Waals surface area contributed by atoms with E-state index in [0.717, 1.165) is 102 Å². The summed E-state index contributed by atoms with van der Waals surface area (Å²) in [7, 11) is -9.90. The summed E-state index contributed by atoms with van der Waals surface area (Å²) in [5.41, 5.74) is 0. The highest BCUT2D eigenvalue weighted by molar-refractivity contribution is 7.47. The van der Waals surface area contributed by atoms with E-state index < -0.39 is 97.5 Å². The molecule has 0 aromatic heterocycles. The molecule has 3 N–H and O–H groups in total. The normalized spacial score (nSPS) is 14.0. The van der Waals surface area contributed by atoms with Crippen molar-refractivity contribution in [2.45, 2.75) is 412 Å². The van der Waals surface area contributed by atoms with E-state index in [9.17, 15) is 43.2 Å². The van der Waals surface area contributed by atoms with Gasteiger partial charge in [-0.1, -0.05) is 343 Å². The molecule has 0 bridgehead atoms. The van der Waals surface area contributed by atoms with E-state index in [4.69, 9.17) is 37.0 Å². The molecule has 19 heteroatoms. The van der Waals surface area contributed by atoms with Crippen molar-refractivity contribution < 1.29 is 80.2 Å². The molecule has 17 nitrogen and oxygen atoms in total. The fraction of sp³-hybridized carbons (Fsp3) is 0.947. The van der Waals surface area contributed by atoms with Gasteiger partial charge in [0.25, 0.3) is 0 Å². The zero-order valence-corrected chi connectivity index (χ0v) is 62.9. The van der Waals surface area contributed by atoms with Crippen LogP contribution in [0.25, 0.3) is 0 Å². The molecule has 0 fully saturated rings. The van der Waals surface area contributed by atoms with Gasteiger partial charge >= 0.3 is 39.5 Å². The molecule has 0 heterocycles. The summed E-state index contributed by atoms with van der Waals surface area (Å²) in [6.07, 6.45) is 57.5. The Kier molecular flexibility index (Phi) is 66.8. The molecule has 0 aromatic rings. The summed E-state index contributed by atoms with van der Waals surface area (Å²) in [5.74, 6) is -1.41. The zero-order valence-electron chi connectivity index (χ0n) is 61.1. The van der Waals surface area contributed by atoms with Crippen LogP contribution in [0.4, 0.5) is 0 Å². The van der Waals surface area contributed by atoms with Gasteiger partial charge in [-0.2, -0.15) is 0 Å². The van der Waals surface area contributed by atoms with Crippen LogP contribution in [0.5, 0.6) is 0 Å². The van der Waals surface area contributed by atoms with E-state index in [-0.39, 0.29) is 25.7 Å². The van der Waals surface area contributed by atoms with Crippen molar-refractivity contribution in [3.05, 3.63) is 0 Å². The minimum Gasteiger partial charge on any atom is -0.462 e. The van der Waals surface area contributed by atoms with Crippen molar-refractivity contribution in [2.75, 3.05) is 39.6 Å². The lowest BCUT2D eigenvalue weighted by Crippen LogP contribution is -2.30. The van der Waals surface area contributed by atoms with Crippen molar-refractivity contribution in [1.82, 2.24) is 0 Å². The maximum absolute atomic E-state index is 13.1. The maximum atomic E-state index is 13.1. The first-order valence-electron chi connectivity index (χ1n) is 39.1. The van der Waals surface area contributed by atoms with Crippen molar-refractivity contribution in [1.29, 1.82) is 0 Å². The van der Waals surface area contributed by atoms with Crippen molar-refractivity contribution in [3.63, 3.8) is 0 Å². The Morgan fingerprint density at radius 1 is 0.287 bits per heavy atom. The van der Waals surface area contributed by atoms with Gasteiger partial charge in [0.15, 0.2) is 12.2 Å². The van der Waals surface area contributed by atoms with Gasteiger partial charge in [0, 0.05) is 25.7 Å². The molecule has 0 amide bonds. The topological polar surface area (TPSA) is 237 Å². The maximum Gasteiger partial charge on any atom is 0.472 e. The lowest BCUT2D eigenvalue weighted by molar-refractivity contribution is -0.161. The molecular weight excluding hydrogens is 1230 g/mol. The SMILES string of the molecule is CCCCCCCCCCCCCCCCCCCCCCC(=O)O[C@H](COC(=O)CCCCCCCCCCCCCCCCCCCC)COP(=O)(O)OC[C@@H](O)COP(=O)(O)OC[C@@H](COC(=O)CCCCCCC)OC(=O)CCCCCCCCCCC(C)C. The van der Waals surface area contributed by atoms with Crippen molar-refractivity contribution in [3.8, 4) is 0 Å². The molecule has 0 aliphatic rings. The number of carbonyl (C=O) groups excluding carboxylic acids is 4. The molecule has 558 valence electrons. The van der Waals surface area contributed by atoms with Gasteiger partial charge in [-0.3, -0.25) is 37.3 Å². The number of phosphoric acid groups is 2. The number of hydrogen-bond donors (Lipinski definition) is 3. The molecular formula is C75H146O17P2. The van der Waals surface area contributed by atoms with Crippen LogP contribution in [0, 0.1) is 5.92 Å². The summed E-state index contributed by atoms with van der Waals surface area (Å²) in [5, 5.41) is 10.6. The molecule has 0 rings (SSSR count). The van der Waals surface area contributed by atoms with E-state index in [1.807, 2.05) is 0 Å². The Morgan fingerprint density at radius 3 is 0.723 bits per heavy atom. The summed E-state index contributed by atoms with van der Waals surface area (Å²) in [6, 6.07) is 0. The minimum absolute atomic E-state index is 0.104. The molecule has 0 saturated carbocycles. The minimum atomic E-state index is -4.95. The van der Waals surface area contributed by atoms with Crippen LogP contribution in [0.2, 0.25) is 0 Å². The number of aliphatic hydroxyl groups excluding tert-OH is 1. The molecule has 2 unspecified atom stereocenters. The fourth-order valence-electron chi connectivity index (χ4n) is 11.5. The van der Waals surface area contributed by atoms with Gasteiger partial charge < -0.3 is 33.8 Å². The summed E-state index contributed by atoms with van der Waals surface area (Å²) in [6.45, 7) is 7.15. The molecule has 0 saturated heterocycles. The quantitative estimate of drug-likeness (QED) is 0.0222. The van der Waals surface area contributed by atoms with E-state index in [2.05, 4.69) is 34.6 Å². The molecule has 0 aromatic carbocycles. The Morgan fingerprint density at radius 2 is 0.489 bits per heavy atom. The first kappa shape index (κ1) is 92.1. The highest BCUT2D eigenvalue weighted by Crippen LogP contribution is 2.45. The summed E-state index contributed by atoms with van der Waals surface area (Å²) < 4.78 is 68.2. The fourth-order valence-corrected chi connectivity index (χ4v) is 13.1. The Hall–Kier alpha value is -1.94. The number of hydrogen-bond acceptors (Lipinski definition) is 15. The van der Waals surface area contributed by atoms with Crippen LogP contribution in [0.15, 0.2) is 0 Å². The molecule has 0 spiro atoms. The average Bonchev–Trinajstić information content (AvgIpc) is 2.13. The number of phosphoric ester groups is 2. The van der Waals surface area contributed by atoms with Crippen LogP contribution in [-0.4, -0.2) is 96.7 Å². The number of ether oxygens (including phenoxy) is 4.